The third-order valence-electron chi connectivity index (χ3n) is 3.86. The number of carbonyl (C=O) groups excluding carboxylic acids is 1. The Morgan fingerprint density at radius 1 is 1.04 bits per heavy atom. The maximum atomic E-state index is 12.4. The summed E-state index contributed by atoms with van der Waals surface area (Å²) in [6.45, 7) is 0. The Labute approximate surface area is 155 Å². The number of aromatic carboxylic acids is 1. The van der Waals surface area contributed by atoms with Gasteiger partial charge in [0.1, 0.15) is 5.75 Å². The third-order valence-corrected chi connectivity index (χ3v) is 4.76. The van der Waals surface area contributed by atoms with Crippen molar-refractivity contribution in [2.24, 2.45) is 0 Å². The first kappa shape index (κ1) is 17.6. The standard InChI is InChI=1S/C21H16O4S/c1-25-19-11-9-14(13-17(19)20-7-4-12-26-20)8-10-18(22)15-5-2-3-6-16(15)21(23)24/h2-13H,1H3,(H,23,24)/b10-8+. The van der Waals surface area contributed by atoms with Crippen molar-refractivity contribution in [2.75, 3.05) is 7.11 Å². The molecule has 130 valence electrons. The largest absolute Gasteiger partial charge is 0.496 e. The topological polar surface area (TPSA) is 63.6 Å². The number of ether oxygens (including phenoxy) is 1. The average Bonchev–Trinajstić information content (AvgIpc) is 3.20. The zero-order valence-corrected chi connectivity index (χ0v) is 14.8. The van der Waals surface area contributed by atoms with Crippen LogP contribution in [0.15, 0.2) is 66.1 Å². The van der Waals surface area contributed by atoms with E-state index in [1.165, 1.54) is 18.2 Å². The van der Waals surface area contributed by atoms with Crippen LogP contribution in [0, 0.1) is 0 Å². The molecule has 0 aliphatic rings. The van der Waals surface area contributed by atoms with Gasteiger partial charge >= 0.3 is 5.97 Å². The van der Waals surface area contributed by atoms with Crippen molar-refractivity contribution in [1.82, 2.24) is 0 Å². The maximum absolute atomic E-state index is 12.4. The Morgan fingerprint density at radius 2 is 1.81 bits per heavy atom. The summed E-state index contributed by atoms with van der Waals surface area (Å²) in [5, 5.41) is 11.2. The van der Waals surface area contributed by atoms with Crippen molar-refractivity contribution < 1.29 is 19.4 Å². The van der Waals surface area contributed by atoms with Crippen LogP contribution in [0.3, 0.4) is 0 Å². The Morgan fingerprint density at radius 3 is 2.46 bits per heavy atom. The predicted octanol–water partition coefficient (Wildman–Crippen LogP) is 5.02. The zero-order chi connectivity index (χ0) is 18.5. The Hall–Kier alpha value is -3.18. The molecule has 2 aromatic carbocycles. The summed E-state index contributed by atoms with van der Waals surface area (Å²) in [5.41, 5.74) is 1.94. The highest BCUT2D eigenvalue weighted by Gasteiger charge is 2.13. The highest BCUT2D eigenvalue weighted by atomic mass is 32.1. The van der Waals surface area contributed by atoms with Crippen LogP contribution in [0.2, 0.25) is 0 Å². The van der Waals surface area contributed by atoms with Crippen LogP contribution in [0.25, 0.3) is 16.5 Å². The van der Waals surface area contributed by atoms with Crippen LogP contribution in [0.5, 0.6) is 5.75 Å². The van der Waals surface area contributed by atoms with Gasteiger partial charge in [-0.15, -0.1) is 11.3 Å². The summed E-state index contributed by atoms with van der Waals surface area (Å²) in [4.78, 5) is 24.7. The molecule has 1 heterocycles. The number of carbonyl (C=O) groups is 2. The first-order valence-corrected chi connectivity index (χ1v) is 8.75. The van der Waals surface area contributed by atoms with E-state index in [9.17, 15) is 14.7 Å². The van der Waals surface area contributed by atoms with E-state index in [2.05, 4.69) is 0 Å². The second kappa shape index (κ2) is 7.80. The molecule has 0 amide bonds. The lowest BCUT2D eigenvalue weighted by atomic mass is 10.0. The van der Waals surface area contributed by atoms with Crippen LogP contribution in [-0.4, -0.2) is 24.0 Å². The van der Waals surface area contributed by atoms with Crippen molar-refractivity contribution in [2.45, 2.75) is 0 Å². The second-order valence-electron chi connectivity index (χ2n) is 5.49. The van der Waals surface area contributed by atoms with Crippen LogP contribution in [-0.2, 0) is 0 Å². The van der Waals surface area contributed by atoms with Gasteiger partial charge in [-0.05, 0) is 41.3 Å². The third kappa shape index (κ3) is 3.73. The fraction of sp³-hybridized carbons (Fsp3) is 0.0476. The molecule has 0 bridgehead atoms. The van der Waals surface area contributed by atoms with Crippen LogP contribution >= 0.6 is 11.3 Å². The summed E-state index contributed by atoms with van der Waals surface area (Å²) in [7, 11) is 1.62. The van der Waals surface area contributed by atoms with Crippen LogP contribution < -0.4 is 4.74 Å². The van der Waals surface area contributed by atoms with Gasteiger partial charge in [0.15, 0.2) is 5.78 Å². The van der Waals surface area contributed by atoms with E-state index >= 15 is 0 Å². The minimum absolute atomic E-state index is 0.00356. The second-order valence-corrected chi connectivity index (χ2v) is 6.43. The molecule has 4 nitrogen and oxygen atoms in total. The van der Waals surface area contributed by atoms with Gasteiger partial charge in [-0.2, -0.15) is 0 Å². The Balaban J connectivity index is 1.91. The van der Waals surface area contributed by atoms with E-state index in [0.717, 1.165) is 21.8 Å². The van der Waals surface area contributed by atoms with E-state index in [0.29, 0.717) is 0 Å². The van der Waals surface area contributed by atoms with E-state index < -0.39 is 5.97 Å². The van der Waals surface area contributed by atoms with E-state index in [-0.39, 0.29) is 16.9 Å². The Kier molecular flexibility index (Phi) is 5.29. The number of hydrogen-bond acceptors (Lipinski definition) is 4. The fourth-order valence-electron chi connectivity index (χ4n) is 2.60. The molecule has 3 rings (SSSR count). The average molecular weight is 364 g/mol. The molecular weight excluding hydrogens is 348 g/mol. The highest BCUT2D eigenvalue weighted by molar-refractivity contribution is 7.13. The molecule has 0 radical (unpaired) electrons. The maximum Gasteiger partial charge on any atom is 0.336 e. The minimum Gasteiger partial charge on any atom is -0.496 e. The van der Waals surface area contributed by atoms with E-state index in [1.807, 2.05) is 35.7 Å². The van der Waals surface area contributed by atoms with E-state index in [1.54, 1.807) is 36.7 Å². The van der Waals surface area contributed by atoms with Crippen molar-refractivity contribution in [3.63, 3.8) is 0 Å². The molecule has 0 fully saturated rings. The number of allylic oxidation sites excluding steroid dienone is 1. The van der Waals surface area contributed by atoms with E-state index in [4.69, 9.17) is 4.74 Å². The molecule has 0 unspecified atom stereocenters. The number of rotatable bonds is 6. The van der Waals surface area contributed by atoms with Gasteiger partial charge in [0, 0.05) is 16.0 Å². The summed E-state index contributed by atoms with van der Waals surface area (Å²) in [6, 6.07) is 15.8. The molecule has 0 saturated carbocycles. The number of hydrogen-bond donors (Lipinski definition) is 1. The first-order chi connectivity index (χ1) is 12.6. The number of carboxylic acid groups (broad SMARTS) is 1. The van der Waals surface area contributed by atoms with Crippen molar-refractivity contribution in [3.8, 4) is 16.2 Å². The van der Waals surface area contributed by atoms with Gasteiger partial charge in [-0.1, -0.05) is 36.4 Å². The van der Waals surface area contributed by atoms with Crippen molar-refractivity contribution in [1.29, 1.82) is 0 Å². The van der Waals surface area contributed by atoms with Gasteiger partial charge in [0.2, 0.25) is 0 Å². The van der Waals surface area contributed by atoms with Gasteiger partial charge in [0.05, 0.1) is 12.7 Å². The predicted molar refractivity (Wildman–Crippen MR) is 103 cm³/mol. The lowest BCUT2D eigenvalue weighted by Gasteiger charge is -2.08. The molecular formula is C21H16O4S. The lowest BCUT2D eigenvalue weighted by molar-refractivity contribution is 0.0693. The van der Waals surface area contributed by atoms with Crippen LogP contribution in [0.4, 0.5) is 0 Å². The van der Waals surface area contributed by atoms with Gasteiger partial charge in [-0.25, -0.2) is 4.79 Å². The summed E-state index contributed by atoms with van der Waals surface area (Å²) < 4.78 is 5.41. The molecule has 1 aromatic heterocycles. The smallest absolute Gasteiger partial charge is 0.336 e. The monoisotopic (exact) mass is 364 g/mol. The molecule has 5 heteroatoms. The van der Waals surface area contributed by atoms with Gasteiger partial charge in [-0.3, -0.25) is 4.79 Å². The molecule has 0 aliphatic heterocycles. The summed E-state index contributed by atoms with van der Waals surface area (Å²) in [5.74, 6) is -0.713. The number of carboxylic acids is 1. The molecule has 0 saturated heterocycles. The zero-order valence-electron chi connectivity index (χ0n) is 14.0. The molecule has 0 aliphatic carbocycles. The molecule has 3 aromatic rings. The number of thiophene rings is 1. The van der Waals surface area contributed by atoms with Gasteiger partial charge < -0.3 is 9.84 Å². The van der Waals surface area contributed by atoms with Crippen molar-refractivity contribution >= 4 is 29.2 Å². The number of benzene rings is 2. The molecule has 0 spiro atoms. The van der Waals surface area contributed by atoms with Gasteiger partial charge in [0.25, 0.3) is 0 Å². The highest BCUT2D eigenvalue weighted by Crippen LogP contribution is 2.34. The SMILES string of the molecule is COc1ccc(/C=C/C(=O)c2ccccc2C(=O)O)cc1-c1cccs1. The minimum atomic E-state index is -1.12. The number of ketones is 1. The summed E-state index contributed by atoms with van der Waals surface area (Å²) in [6.07, 6.45) is 3.07. The summed E-state index contributed by atoms with van der Waals surface area (Å²) >= 11 is 1.60. The lowest BCUT2D eigenvalue weighted by Crippen LogP contribution is -2.06. The molecule has 26 heavy (non-hydrogen) atoms. The molecule has 1 N–H and O–H groups in total. The number of methoxy groups -OCH3 is 1. The first-order valence-electron chi connectivity index (χ1n) is 7.87. The van der Waals surface area contributed by atoms with Crippen LogP contribution in [0.1, 0.15) is 26.3 Å². The van der Waals surface area contributed by atoms with Crippen molar-refractivity contribution in [3.05, 3.63) is 82.7 Å². The molecule has 0 atom stereocenters. The normalized spacial score (nSPS) is 10.8. The Bertz CT molecular complexity index is 971. The fourth-order valence-corrected chi connectivity index (χ4v) is 3.35. The quantitative estimate of drug-likeness (QED) is 0.493.